The zero-order chi connectivity index (χ0) is 17.9. The number of benzene rings is 2. The molecule has 0 spiro atoms. The van der Waals surface area contributed by atoms with Crippen LogP contribution in [0.1, 0.15) is 30.1 Å². The number of ether oxygens (including phenoxy) is 1. The summed E-state index contributed by atoms with van der Waals surface area (Å²) in [5.41, 5.74) is 0.543. The molecule has 0 bridgehead atoms. The van der Waals surface area contributed by atoms with E-state index in [4.69, 9.17) is 4.74 Å². The van der Waals surface area contributed by atoms with Gasteiger partial charge in [0.05, 0.1) is 17.5 Å². The molecule has 3 rings (SSSR count). The van der Waals surface area contributed by atoms with Gasteiger partial charge in [-0.3, -0.25) is 4.79 Å². The normalized spacial score (nSPS) is 18.2. The Labute approximate surface area is 148 Å². The molecule has 1 unspecified atom stereocenters. The molecule has 0 amide bonds. The van der Waals surface area contributed by atoms with Gasteiger partial charge in [-0.1, -0.05) is 30.3 Å². The molecule has 5 nitrogen and oxygen atoms in total. The minimum absolute atomic E-state index is 0.146. The van der Waals surface area contributed by atoms with Crippen LogP contribution >= 0.6 is 0 Å². The van der Waals surface area contributed by atoms with E-state index < -0.39 is 16.1 Å². The molecule has 0 aliphatic carbocycles. The summed E-state index contributed by atoms with van der Waals surface area (Å²) in [4.78, 5) is 12.9. The number of ketones is 1. The Hall–Kier alpha value is -2.18. The van der Waals surface area contributed by atoms with Crippen LogP contribution in [0.3, 0.4) is 0 Å². The summed E-state index contributed by atoms with van der Waals surface area (Å²) in [5.74, 6) is 0.479. The van der Waals surface area contributed by atoms with Crippen LogP contribution in [0.4, 0.5) is 0 Å². The van der Waals surface area contributed by atoms with Gasteiger partial charge in [0, 0.05) is 12.1 Å². The van der Waals surface area contributed by atoms with Crippen molar-refractivity contribution in [2.75, 3.05) is 13.2 Å². The number of nitrogens with zero attached hydrogens (tertiary/aromatic N) is 1. The number of hydrogen-bond acceptors (Lipinski definition) is 4. The fraction of sp³-hybridized carbons (Fsp3) is 0.316. The Bertz CT molecular complexity index is 831. The lowest BCUT2D eigenvalue weighted by molar-refractivity contribution is 0.0918. The van der Waals surface area contributed by atoms with Gasteiger partial charge in [0.25, 0.3) is 0 Å². The van der Waals surface area contributed by atoms with Crippen molar-refractivity contribution in [3.8, 4) is 5.75 Å². The van der Waals surface area contributed by atoms with Crippen LogP contribution in [-0.4, -0.2) is 37.7 Å². The van der Waals surface area contributed by atoms with Crippen LogP contribution in [0.5, 0.6) is 5.75 Å². The average molecular weight is 359 g/mol. The molecule has 0 radical (unpaired) electrons. The molecule has 0 aromatic heterocycles. The largest absolute Gasteiger partial charge is 0.494 e. The third-order valence-electron chi connectivity index (χ3n) is 4.31. The Morgan fingerprint density at radius 3 is 2.44 bits per heavy atom. The SMILES string of the molecule is CCOc1ccc(S(=O)(=O)N2CCCC2C(=O)c2ccccc2)cc1. The number of hydrogen-bond donors (Lipinski definition) is 0. The second-order valence-corrected chi connectivity index (χ2v) is 7.80. The van der Waals surface area contributed by atoms with Crippen LogP contribution in [0.25, 0.3) is 0 Å². The standard InChI is InChI=1S/C19H21NO4S/c1-2-24-16-10-12-17(13-11-16)25(22,23)20-14-6-9-18(20)19(21)15-7-4-3-5-8-15/h3-5,7-8,10-13,18H,2,6,9,14H2,1H3. The maximum atomic E-state index is 13.0. The topological polar surface area (TPSA) is 63.7 Å². The first-order valence-electron chi connectivity index (χ1n) is 8.38. The van der Waals surface area contributed by atoms with Crippen molar-refractivity contribution < 1.29 is 17.9 Å². The highest BCUT2D eigenvalue weighted by Crippen LogP contribution is 2.29. The summed E-state index contributed by atoms with van der Waals surface area (Å²) in [6, 6.07) is 14.6. The Morgan fingerprint density at radius 2 is 1.80 bits per heavy atom. The van der Waals surface area contributed by atoms with E-state index in [0.29, 0.717) is 37.3 Å². The van der Waals surface area contributed by atoms with Gasteiger partial charge in [-0.05, 0) is 44.0 Å². The summed E-state index contributed by atoms with van der Waals surface area (Å²) >= 11 is 0. The maximum absolute atomic E-state index is 13.0. The Morgan fingerprint density at radius 1 is 1.12 bits per heavy atom. The quantitative estimate of drug-likeness (QED) is 0.744. The first-order valence-corrected chi connectivity index (χ1v) is 9.82. The van der Waals surface area contributed by atoms with E-state index in [1.807, 2.05) is 13.0 Å². The highest BCUT2D eigenvalue weighted by molar-refractivity contribution is 7.89. The summed E-state index contributed by atoms with van der Waals surface area (Å²) < 4.78 is 32.7. The zero-order valence-corrected chi connectivity index (χ0v) is 14.9. The molecule has 1 aliphatic rings. The first-order chi connectivity index (χ1) is 12.0. The number of carbonyl (C=O) groups excluding carboxylic acids is 1. The number of carbonyl (C=O) groups is 1. The van der Waals surface area contributed by atoms with Gasteiger partial charge < -0.3 is 4.74 Å². The monoisotopic (exact) mass is 359 g/mol. The lowest BCUT2D eigenvalue weighted by Crippen LogP contribution is -2.40. The van der Waals surface area contributed by atoms with Crippen LogP contribution in [0.2, 0.25) is 0 Å². The molecule has 1 aliphatic heterocycles. The number of Topliss-reactive ketones (excluding diaryl/α,β-unsaturated/α-hetero) is 1. The predicted molar refractivity (Wildman–Crippen MR) is 95.3 cm³/mol. The minimum atomic E-state index is -3.72. The molecule has 1 fully saturated rings. The van der Waals surface area contributed by atoms with Gasteiger partial charge in [0.15, 0.2) is 5.78 Å². The fourth-order valence-corrected chi connectivity index (χ4v) is 4.75. The third kappa shape index (κ3) is 3.60. The molecular weight excluding hydrogens is 338 g/mol. The number of sulfonamides is 1. The summed E-state index contributed by atoms with van der Waals surface area (Å²) in [6.07, 6.45) is 1.23. The zero-order valence-electron chi connectivity index (χ0n) is 14.1. The van der Waals surface area contributed by atoms with Gasteiger partial charge in [-0.25, -0.2) is 8.42 Å². The first kappa shape index (κ1) is 17.6. The number of rotatable bonds is 6. The molecule has 1 heterocycles. The molecule has 2 aromatic carbocycles. The summed E-state index contributed by atoms with van der Waals surface area (Å²) in [7, 11) is -3.72. The third-order valence-corrected chi connectivity index (χ3v) is 6.23. The Balaban J connectivity index is 1.86. The second-order valence-electron chi connectivity index (χ2n) is 5.91. The fourth-order valence-electron chi connectivity index (χ4n) is 3.09. The van der Waals surface area contributed by atoms with Crippen molar-refractivity contribution in [1.29, 1.82) is 0 Å². The molecule has 6 heteroatoms. The van der Waals surface area contributed by atoms with Crippen molar-refractivity contribution in [2.24, 2.45) is 0 Å². The highest BCUT2D eigenvalue weighted by atomic mass is 32.2. The van der Waals surface area contributed by atoms with Crippen LogP contribution < -0.4 is 4.74 Å². The van der Waals surface area contributed by atoms with Gasteiger partial charge in [-0.15, -0.1) is 0 Å². The Kier molecular flexibility index (Phi) is 5.20. The van der Waals surface area contributed by atoms with Crippen molar-refractivity contribution in [1.82, 2.24) is 4.31 Å². The highest BCUT2D eigenvalue weighted by Gasteiger charge is 2.39. The lowest BCUT2D eigenvalue weighted by Gasteiger charge is -2.23. The van der Waals surface area contributed by atoms with E-state index in [2.05, 4.69) is 0 Å². The second kappa shape index (κ2) is 7.37. The van der Waals surface area contributed by atoms with Crippen molar-refractivity contribution in [2.45, 2.75) is 30.7 Å². The van der Waals surface area contributed by atoms with E-state index in [0.717, 1.165) is 0 Å². The minimum Gasteiger partial charge on any atom is -0.494 e. The molecule has 0 saturated carbocycles. The molecule has 1 atom stereocenters. The van der Waals surface area contributed by atoms with Gasteiger partial charge >= 0.3 is 0 Å². The van der Waals surface area contributed by atoms with Crippen LogP contribution in [0.15, 0.2) is 59.5 Å². The smallest absolute Gasteiger partial charge is 0.243 e. The molecule has 132 valence electrons. The van der Waals surface area contributed by atoms with E-state index in [1.165, 1.54) is 16.4 Å². The van der Waals surface area contributed by atoms with E-state index in [9.17, 15) is 13.2 Å². The summed E-state index contributed by atoms with van der Waals surface area (Å²) in [5, 5.41) is 0. The maximum Gasteiger partial charge on any atom is 0.243 e. The molecular formula is C19H21NO4S. The molecule has 1 saturated heterocycles. The van der Waals surface area contributed by atoms with Gasteiger partial charge in [0.2, 0.25) is 10.0 Å². The molecule has 25 heavy (non-hydrogen) atoms. The van der Waals surface area contributed by atoms with E-state index in [1.54, 1.807) is 36.4 Å². The van der Waals surface area contributed by atoms with Crippen molar-refractivity contribution >= 4 is 15.8 Å². The average Bonchev–Trinajstić information content (AvgIpc) is 3.13. The molecule has 2 aromatic rings. The van der Waals surface area contributed by atoms with Crippen molar-refractivity contribution in [3.05, 3.63) is 60.2 Å². The van der Waals surface area contributed by atoms with E-state index >= 15 is 0 Å². The van der Waals surface area contributed by atoms with Crippen LogP contribution in [0, 0.1) is 0 Å². The molecule has 0 N–H and O–H groups in total. The van der Waals surface area contributed by atoms with Crippen molar-refractivity contribution in [3.63, 3.8) is 0 Å². The van der Waals surface area contributed by atoms with E-state index in [-0.39, 0.29) is 10.7 Å². The lowest BCUT2D eigenvalue weighted by atomic mass is 10.0. The summed E-state index contributed by atoms with van der Waals surface area (Å²) in [6.45, 7) is 2.75. The van der Waals surface area contributed by atoms with Gasteiger partial charge in [0.1, 0.15) is 5.75 Å². The van der Waals surface area contributed by atoms with Crippen LogP contribution in [-0.2, 0) is 10.0 Å². The predicted octanol–water partition coefficient (Wildman–Crippen LogP) is 3.12. The van der Waals surface area contributed by atoms with Gasteiger partial charge in [-0.2, -0.15) is 4.31 Å².